The Morgan fingerprint density at radius 2 is 1.66 bits per heavy atom. The number of aryl methyl sites for hydroxylation is 1. The molecule has 7 heteroatoms. The second-order valence-electron chi connectivity index (χ2n) is 9.74. The fourth-order valence-corrected chi connectivity index (χ4v) is 4.44. The Morgan fingerprint density at radius 1 is 1.00 bits per heavy atom. The number of hydrogen-bond acceptors (Lipinski definition) is 5. The summed E-state index contributed by atoms with van der Waals surface area (Å²) in [6.07, 6.45) is 0.114. The van der Waals surface area contributed by atoms with E-state index in [0.717, 1.165) is 19.3 Å². The number of ether oxygens (including phenoxy) is 1. The molecule has 176 valence electrons. The molecule has 0 saturated heterocycles. The molecule has 2 unspecified atom stereocenters. The highest BCUT2D eigenvalue weighted by atomic mass is 28.4. The lowest BCUT2D eigenvalue weighted by atomic mass is 10.0. The minimum Gasteiger partial charge on any atom is -0.547 e. The number of aliphatic carboxylic acids is 2. The maximum Gasteiger partial charge on any atom is 0.335 e. The summed E-state index contributed by atoms with van der Waals surface area (Å²) < 4.78 is 11.3. The average molecular weight is 460 g/mol. The minimum absolute atomic E-state index is 0.152. The first-order valence-corrected chi connectivity index (χ1v) is 14.0. The summed E-state index contributed by atoms with van der Waals surface area (Å²) in [6, 6.07) is 14.7. The van der Waals surface area contributed by atoms with Crippen LogP contribution in [0, 0.1) is 0 Å². The van der Waals surface area contributed by atoms with Crippen LogP contribution in [0.3, 0.4) is 0 Å². The van der Waals surface area contributed by atoms with E-state index in [1.807, 2.05) is 46.0 Å². The Morgan fingerprint density at radius 3 is 2.25 bits per heavy atom. The van der Waals surface area contributed by atoms with Crippen molar-refractivity contribution in [3.05, 3.63) is 48.0 Å². The van der Waals surface area contributed by atoms with Crippen molar-refractivity contribution in [2.75, 3.05) is 6.61 Å². The molecule has 0 radical (unpaired) electrons. The molecular formula is C25H35O6Si-. The van der Waals surface area contributed by atoms with Crippen LogP contribution in [-0.2, 0) is 25.2 Å². The number of benzene rings is 2. The molecule has 0 amide bonds. The highest BCUT2D eigenvalue weighted by Crippen LogP contribution is 2.37. The van der Waals surface area contributed by atoms with Crippen LogP contribution in [-0.4, -0.2) is 44.2 Å². The predicted molar refractivity (Wildman–Crippen MR) is 126 cm³/mol. The first-order valence-electron chi connectivity index (χ1n) is 11.1. The van der Waals surface area contributed by atoms with Gasteiger partial charge in [-0.1, -0.05) is 69.7 Å². The van der Waals surface area contributed by atoms with Crippen LogP contribution in [0.1, 0.15) is 45.6 Å². The normalized spacial score (nSPS) is 14.3. The molecule has 2 atom stereocenters. The van der Waals surface area contributed by atoms with Gasteiger partial charge in [-0.2, -0.15) is 0 Å². The summed E-state index contributed by atoms with van der Waals surface area (Å²) in [5.74, 6) is -2.91. The molecule has 32 heavy (non-hydrogen) atoms. The van der Waals surface area contributed by atoms with Crippen molar-refractivity contribution in [2.24, 2.45) is 0 Å². The Kier molecular flexibility index (Phi) is 9.01. The van der Waals surface area contributed by atoms with Gasteiger partial charge in [0.15, 0.2) is 14.4 Å². The monoisotopic (exact) mass is 459 g/mol. The van der Waals surface area contributed by atoms with Crippen LogP contribution in [0.4, 0.5) is 0 Å². The van der Waals surface area contributed by atoms with Gasteiger partial charge in [0, 0.05) is 6.61 Å². The zero-order chi connectivity index (χ0) is 23.9. The highest BCUT2D eigenvalue weighted by molar-refractivity contribution is 6.74. The summed E-state index contributed by atoms with van der Waals surface area (Å²) in [7, 11) is -2.52. The summed E-state index contributed by atoms with van der Waals surface area (Å²) in [5, 5.41) is 23.4. The lowest BCUT2D eigenvalue weighted by Crippen LogP contribution is -2.56. The van der Waals surface area contributed by atoms with Crippen molar-refractivity contribution < 1.29 is 29.0 Å². The number of hydrogen-bond donors (Lipinski definition) is 1. The third-order valence-electron chi connectivity index (χ3n) is 6.20. The first-order chi connectivity index (χ1) is 14.9. The van der Waals surface area contributed by atoms with E-state index < -0.39 is 32.5 Å². The zero-order valence-corrected chi connectivity index (χ0v) is 20.7. The molecule has 0 aromatic heterocycles. The van der Waals surface area contributed by atoms with Gasteiger partial charge in [0.1, 0.15) is 6.10 Å². The van der Waals surface area contributed by atoms with E-state index in [1.54, 1.807) is 0 Å². The molecule has 0 aliphatic carbocycles. The van der Waals surface area contributed by atoms with E-state index in [2.05, 4.69) is 30.3 Å². The highest BCUT2D eigenvalue weighted by Gasteiger charge is 2.43. The quantitative estimate of drug-likeness (QED) is 0.378. The largest absolute Gasteiger partial charge is 0.547 e. The molecule has 0 saturated carbocycles. The van der Waals surface area contributed by atoms with Crippen LogP contribution in [0.5, 0.6) is 0 Å². The smallest absolute Gasteiger partial charge is 0.335 e. The van der Waals surface area contributed by atoms with E-state index >= 15 is 0 Å². The standard InChI is InChI=1S/C25H36O6Si/c1-25(2,3)32(4,5)31-22(24(28)29)21(23(26)27)30-16-10-6-7-11-18-14-15-19-12-8-9-13-20(19)17-18/h8-9,12-15,17,21-22H,6-7,10-11,16H2,1-5H3,(H,26,27)(H,28,29)/p-1. The van der Waals surface area contributed by atoms with Crippen molar-refractivity contribution in [3.63, 3.8) is 0 Å². The molecular weight excluding hydrogens is 424 g/mol. The molecule has 2 rings (SSSR count). The summed E-state index contributed by atoms with van der Waals surface area (Å²) in [5.41, 5.74) is 1.26. The van der Waals surface area contributed by atoms with Gasteiger partial charge < -0.3 is 24.2 Å². The van der Waals surface area contributed by atoms with E-state index in [-0.39, 0.29) is 11.6 Å². The van der Waals surface area contributed by atoms with Crippen molar-refractivity contribution in [1.82, 2.24) is 0 Å². The van der Waals surface area contributed by atoms with Crippen LogP contribution in [0.25, 0.3) is 10.8 Å². The predicted octanol–water partition coefficient (Wildman–Crippen LogP) is 4.16. The number of carbonyl (C=O) groups excluding carboxylic acids is 1. The summed E-state index contributed by atoms with van der Waals surface area (Å²) in [6.45, 7) is 9.76. The third kappa shape index (κ3) is 7.15. The Labute approximate surface area is 191 Å². The number of rotatable bonds is 12. The second kappa shape index (κ2) is 11.1. The van der Waals surface area contributed by atoms with Gasteiger partial charge in [0.05, 0.1) is 5.97 Å². The van der Waals surface area contributed by atoms with Crippen LogP contribution in [0.2, 0.25) is 18.1 Å². The van der Waals surface area contributed by atoms with E-state index in [0.29, 0.717) is 6.42 Å². The molecule has 0 bridgehead atoms. The zero-order valence-electron chi connectivity index (χ0n) is 19.7. The number of unbranched alkanes of at least 4 members (excludes halogenated alkanes) is 2. The second-order valence-corrected chi connectivity index (χ2v) is 14.5. The van der Waals surface area contributed by atoms with Crippen LogP contribution in [0.15, 0.2) is 42.5 Å². The van der Waals surface area contributed by atoms with Crippen molar-refractivity contribution in [1.29, 1.82) is 0 Å². The van der Waals surface area contributed by atoms with Gasteiger partial charge in [-0.3, -0.25) is 0 Å². The van der Waals surface area contributed by atoms with Gasteiger partial charge in [0.2, 0.25) is 0 Å². The summed E-state index contributed by atoms with van der Waals surface area (Å²) >= 11 is 0. The fourth-order valence-electron chi connectivity index (χ4n) is 3.23. The maximum atomic E-state index is 11.7. The fraction of sp³-hybridized carbons (Fsp3) is 0.520. The van der Waals surface area contributed by atoms with Crippen LogP contribution >= 0.6 is 0 Å². The maximum absolute atomic E-state index is 11.7. The van der Waals surface area contributed by atoms with E-state index in [1.165, 1.54) is 16.3 Å². The molecule has 0 aliphatic rings. The van der Waals surface area contributed by atoms with Crippen molar-refractivity contribution in [3.8, 4) is 0 Å². The van der Waals surface area contributed by atoms with Crippen molar-refractivity contribution in [2.45, 2.75) is 76.8 Å². The van der Waals surface area contributed by atoms with Gasteiger partial charge in [-0.05, 0) is 53.7 Å². The first kappa shape index (κ1) is 26.0. The lowest BCUT2D eigenvalue weighted by Gasteiger charge is -2.40. The lowest BCUT2D eigenvalue weighted by molar-refractivity contribution is -0.317. The molecule has 0 heterocycles. The van der Waals surface area contributed by atoms with Gasteiger partial charge in [-0.25, -0.2) is 4.79 Å². The van der Waals surface area contributed by atoms with Gasteiger partial charge >= 0.3 is 5.97 Å². The number of carbonyl (C=O) groups is 2. The number of fused-ring (bicyclic) bond motifs is 1. The van der Waals surface area contributed by atoms with Crippen LogP contribution < -0.4 is 5.11 Å². The Bertz CT molecular complexity index is 918. The molecule has 1 N–H and O–H groups in total. The van der Waals surface area contributed by atoms with Gasteiger partial charge in [0.25, 0.3) is 0 Å². The van der Waals surface area contributed by atoms with E-state index in [9.17, 15) is 19.8 Å². The third-order valence-corrected chi connectivity index (χ3v) is 10.7. The average Bonchev–Trinajstić information content (AvgIpc) is 2.70. The molecule has 0 spiro atoms. The Hall–Kier alpha value is -2.22. The molecule has 2 aromatic carbocycles. The Balaban J connectivity index is 1.85. The number of carboxylic acids is 2. The SMILES string of the molecule is CC(C)(C)[Si](C)(C)OC(C(=O)[O-])C(OCCCCCc1ccc2ccccc2c1)C(=O)O. The van der Waals surface area contributed by atoms with Gasteiger partial charge in [-0.15, -0.1) is 0 Å². The molecule has 6 nitrogen and oxygen atoms in total. The summed E-state index contributed by atoms with van der Waals surface area (Å²) in [4.78, 5) is 23.4. The molecule has 2 aromatic rings. The molecule has 0 fully saturated rings. The van der Waals surface area contributed by atoms with Crippen molar-refractivity contribution >= 4 is 31.0 Å². The van der Waals surface area contributed by atoms with E-state index in [4.69, 9.17) is 9.16 Å². The minimum atomic E-state index is -2.52. The number of carboxylic acid groups (broad SMARTS) is 2. The topological polar surface area (TPSA) is 95.9 Å². The molecule has 0 aliphatic heterocycles.